The van der Waals surface area contributed by atoms with E-state index in [1.165, 1.54) is 31.4 Å². The van der Waals surface area contributed by atoms with Crippen molar-refractivity contribution in [2.24, 2.45) is 0 Å². The minimum atomic E-state index is -0.479. The van der Waals surface area contributed by atoms with Crippen LogP contribution in [0.4, 0.5) is 5.69 Å². The first-order valence-corrected chi connectivity index (χ1v) is 6.63. The molecule has 2 heterocycles. The molecule has 1 N–H and O–H groups in total. The molecule has 17 heavy (non-hydrogen) atoms. The predicted molar refractivity (Wildman–Crippen MR) is 70.1 cm³/mol. The van der Waals surface area contributed by atoms with Gasteiger partial charge in [0.05, 0.1) is 23.7 Å². The maximum absolute atomic E-state index is 9.45. The fourth-order valence-corrected chi connectivity index (χ4v) is 2.58. The fourth-order valence-electron chi connectivity index (χ4n) is 2.58. The van der Waals surface area contributed by atoms with Crippen molar-refractivity contribution >= 4 is 5.69 Å². The molecule has 0 radical (unpaired) electrons. The van der Waals surface area contributed by atoms with E-state index in [0.717, 1.165) is 12.2 Å². The lowest BCUT2D eigenvalue weighted by molar-refractivity contribution is 0.194. The topological polar surface area (TPSA) is 36.4 Å². The highest BCUT2D eigenvalue weighted by Gasteiger charge is 2.21. The zero-order chi connectivity index (χ0) is 12.3. The van der Waals surface area contributed by atoms with E-state index in [0.29, 0.717) is 6.04 Å². The van der Waals surface area contributed by atoms with Crippen LogP contribution in [0.1, 0.15) is 51.3 Å². The van der Waals surface area contributed by atoms with E-state index >= 15 is 0 Å². The number of aliphatic hydroxyl groups excluding tert-OH is 1. The minimum absolute atomic E-state index is 0.479. The van der Waals surface area contributed by atoms with Crippen molar-refractivity contribution in [2.45, 2.75) is 51.7 Å². The Morgan fingerprint density at radius 1 is 1.47 bits per heavy atom. The van der Waals surface area contributed by atoms with E-state index < -0.39 is 6.10 Å². The van der Waals surface area contributed by atoms with Gasteiger partial charge in [0.15, 0.2) is 0 Å². The molecule has 1 aromatic rings. The lowest BCUT2D eigenvalue weighted by atomic mass is 9.99. The molecule has 0 saturated carbocycles. The van der Waals surface area contributed by atoms with Crippen molar-refractivity contribution in [1.29, 1.82) is 0 Å². The minimum Gasteiger partial charge on any atom is -0.387 e. The van der Waals surface area contributed by atoms with Gasteiger partial charge >= 0.3 is 0 Å². The second-order valence-electron chi connectivity index (χ2n) is 4.87. The van der Waals surface area contributed by atoms with Gasteiger partial charge in [-0.1, -0.05) is 6.92 Å². The molecular weight excluding hydrogens is 212 g/mol. The Morgan fingerprint density at radius 2 is 2.29 bits per heavy atom. The highest BCUT2D eigenvalue weighted by Crippen LogP contribution is 2.26. The number of piperidine rings is 1. The summed E-state index contributed by atoms with van der Waals surface area (Å²) in [6, 6.07) is 4.67. The summed E-state index contributed by atoms with van der Waals surface area (Å²) in [6.07, 6.45) is 6.51. The van der Waals surface area contributed by atoms with Crippen LogP contribution in [0, 0.1) is 0 Å². The maximum atomic E-state index is 9.45. The summed E-state index contributed by atoms with van der Waals surface area (Å²) >= 11 is 0. The number of hydrogen-bond donors (Lipinski definition) is 1. The van der Waals surface area contributed by atoms with Gasteiger partial charge in [-0.05, 0) is 44.7 Å². The third-order valence-corrected chi connectivity index (χ3v) is 3.63. The molecule has 0 aliphatic carbocycles. The third-order valence-electron chi connectivity index (χ3n) is 3.63. The SMILES string of the molecule is CCC1CCCCN1c1ccc(C(C)O)nc1. The van der Waals surface area contributed by atoms with Crippen molar-refractivity contribution in [3.05, 3.63) is 24.0 Å². The first kappa shape index (κ1) is 12.4. The van der Waals surface area contributed by atoms with E-state index in [2.05, 4.69) is 22.9 Å². The Balaban J connectivity index is 2.15. The quantitative estimate of drug-likeness (QED) is 0.873. The molecule has 2 rings (SSSR count). The van der Waals surface area contributed by atoms with E-state index in [1.807, 2.05) is 12.3 Å². The summed E-state index contributed by atoms with van der Waals surface area (Å²) in [7, 11) is 0. The Hall–Kier alpha value is -1.09. The van der Waals surface area contributed by atoms with Gasteiger partial charge in [-0.25, -0.2) is 0 Å². The molecule has 0 amide bonds. The number of nitrogens with zero attached hydrogens (tertiary/aromatic N) is 2. The number of anilines is 1. The maximum Gasteiger partial charge on any atom is 0.0931 e. The summed E-state index contributed by atoms with van der Waals surface area (Å²) in [5.74, 6) is 0. The van der Waals surface area contributed by atoms with E-state index in [1.54, 1.807) is 6.92 Å². The van der Waals surface area contributed by atoms with Gasteiger partial charge in [0, 0.05) is 12.6 Å². The van der Waals surface area contributed by atoms with Crippen LogP contribution in [0.5, 0.6) is 0 Å². The molecule has 0 spiro atoms. The van der Waals surface area contributed by atoms with Crippen LogP contribution in [0.25, 0.3) is 0 Å². The first-order chi connectivity index (χ1) is 8.22. The summed E-state index contributed by atoms with van der Waals surface area (Å²) < 4.78 is 0. The van der Waals surface area contributed by atoms with E-state index in [9.17, 15) is 5.11 Å². The van der Waals surface area contributed by atoms with Crippen LogP contribution < -0.4 is 4.90 Å². The van der Waals surface area contributed by atoms with Crippen molar-refractivity contribution in [1.82, 2.24) is 4.98 Å². The molecule has 0 bridgehead atoms. The molecule has 1 aliphatic rings. The second-order valence-corrected chi connectivity index (χ2v) is 4.87. The first-order valence-electron chi connectivity index (χ1n) is 6.63. The van der Waals surface area contributed by atoms with Gasteiger partial charge in [0.2, 0.25) is 0 Å². The van der Waals surface area contributed by atoms with Gasteiger partial charge in [0.25, 0.3) is 0 Å². The lowest BCUT2D eigenvalue weighted by Gasteiger charge is -2.37. The second kappa shape index (κ2) is 5.50. The monoisotopic (exact) mass is 234 g/mol. The smallest absolute Gasteiger partial charge is 0.0931 e. The molecule has 2 unspecified atom stereocenters. The molecule has 3 heteroatoms. The molecule has 0 aromatic carbocycles. The summed E-state index contributed by atoms with van der Waals surface area (Å²) in [6.45, 7) is 5.13. The molecule has 1 aromatic heterocycles. The van der Waals surface area contributed by atoms with E-state index in [-0.39, 0.29) is 0 Å². The van der Waals surface area contributed by atoms with Crippen molar-refractivity contribution in [3.8, 4) is 0 Å². The van der Waals surface area contributed by atoms with Crippen LogP contribution in [-0.2, 0) is 0 Å². The molecule has 94 valence electrons. The number of pyridine rings is 1. The Bertz CT molecular complexity index is 348. The van der Waals surface area contributed by atoms with Crippen molar-refractivity contribution in [2.75, 3.05) is 11.4 Å². The van der Waals surface area contributed by atoms with Crippen LogP contribution >= 0.6 is 0 Å². The molecule has 1 fully saturated rings. The molecule has 2 atom stereocenters. The predicted octanol–water partition coefficient (Wildman–Crippen LogP) is 2.90. The highest BCUT2D eigenvalue weighted by molar-refractivity contribution is 5.46. The van der Waals surface area contributed by atoms with Crippen LogP contribution in [0.2, 0.25) is 0 Å². The fraction of sp³-hybridized carbons (Fsp3) is 0.643. The van der Waals surface area contributed by atoms with Crippen molar-refractivity contribution in [3.63, 3.8) is 0 Å². The molecule has 3 nitrogen and oxygen atoms in total. The zero-order valence-electron chi connectivity index (χ0n) is 10.8. The Kier molecular flexibility index (Phi) is 4.00. The number of hydrogen-bond acceptors (Lipinski definition) is 3. The summed E-state index contributed by atoms with van der Waals surface area (Å²) in [5.41, 5.74) is 1.94. The standard InChI is InChI=1S/C14H22N2O/c1-3-12-6-4-5-9-16(12)13-7-8-14(11(2)17)15-10-13/h7-8,10-12,17H,3-6,9H2,1-2H3. The van der Waals surface area contributed by atoms with Gasteiger partial charge in [-0.2, -0.15) is 0 Å². The van der Waals surface area contributed by atoms with E-state index in [4.69, 9.17) is 0 Å². The average molecular weight is 234 g/mol. The molecule has 1 saturated heterocycles. The summed E-state index contributed by atoms with van der Waals surface area (Å²) in [4.78, 5) is 6.79. The van der Waals surface area contributed by atoms with Gasteiger partial charge in [-0.3, -0.25) is 4.98 Å². The van der Waals surface area contributed by atoms with Gasteiger partial charge in [0.1, 0.15) is 0 Å². The Morgan fingerprint density at radius 3 is 2.88 bits per heavy atom. The van der Waals surface area contributed by atoms with Crippen LogP contribution in [-0.4, -0.2) is 22.7 Å². The third kappa shape index (κ3) is 2.78. The van der Waals surface area contributed by atoms with Gasteiger partial charge < -0.3 is 10.0 Å². The normalized spacial score (nSPS) is 22.5. The van der Waals surface area contributed by atoms with Crippen molar-refractivity contribution < 1.29 is 5.11 Å². The zero-order valence-corrected chi connectivity index (χ0v) is 10.8. The summed E-state index contributed by atoms with van der Waals surface area (Å²) in [5, 5.41) is 9.45. The largest absolute Gasteiger partial charge is 0.387 e. The molecule has 1 aliphatic heterocycles. The average Bonchev–Trinajstić information content (AvgIpc) is 2.39. The van der Waals surface area contributed by atoms with Crippen LogP contribution in [0.15, 0.2) is 18.3 Å². The van der Waals surface area contributed by atoms with Crippen LogP contribution in [0.3, 0.4) is 0 Å². The number of rotatable bonds is 3. The highest BCUT2D eigenvalue weighted by atomic mass is 16.3. The Labute approximate surface area is 103 Å². The molecular formula is C14H22N2O. The lowest BCUT2D eigenvalue weighted by Crippen LogP contribution is -2.39. The number of aliphatic hydroxyl groups is 1. The van der Waals surface area contributed by atoms with Gasteiger partial charge in [-0.15, -0.1) is 0 Å². The number of aromatic nitrogens is 1.